The van der Waals surface area contributed by atoms with Crippen LogP contribution in [-0.2, 0) is 24.2 Å². The maximum Gasteiger partial charge on any atom is 0.259 e. The first-order valence-electron chi connectivity index (χ1n) is 11.5. The normalized spacial score (nSPS) is 13.4. The van der Waals surface area contributed by atoms with E-state index in [0.717, 1.165) is 48.1 Å². The number of rotatable bonds is 6. The van der Waals surface area contributed by atoms with Crippen LogP contribution < -0.4 is 10.6 Å². The number of carbonyl (C=O) groups excluding carboxylic acids is 2. The van der Waals surface area contributed by atoms with E-state index in [1.807, 2.05) is 48.5 Å². The van der Waals surface area contributed by atoms with Crippen LogP contribution in [0.1, 0.15) is 33.4 Å². The smallest absolute Gasteiger partial charge is 0.259 e. The summed E-state index contributed by atoms with van der Waals surface area (Å²) in [5.41, 5.74) is 2.93. The molecule has 4 aromatic rings. The van der Waals surface area contributed by atoms with Gasteiger partial charge >= 0.3 is 0 Å². The van der Waals surface area contributed by atoms with E-state index >= 15 is 0 Å². The van der Waals surface area contributed by atoms with Crippen LogP contribution in [0, 0.1) is 0 Å². The Morgan fingerprint density at radius 3 is 2.68 bits per heavy atom. The number of hydrogen-bond donors (Lipinski definition) is 2. The molecule has 5 rings (SSSR count). The fourth-order valence-corrected chi connectivity index (χ4v) is 5.39. The summed E-state index contributed by atoms with van der Waals surface area (Å²) in [5.74, 6) is -0.444. The summed E-state index contributed by atoms with van der Waals surface area (Å²) >= 11 is 1.53. The largest absolute Gasteiger partial charge is 0.325 e. The van der Waals surface area contributed by atoms with Crippen molar-refractivity contribution >= 4 is 44.7 Å². The van der Waals surface area contributed by atoms with E-state index in [9.17, 15) is 9.59 Å². The van der Waals surface area contributed by atoms with Gasteiger partial charge < -0.3 is 5.32 Å². The van der Waals surface area contributed by atoms with Crippen molar-refractivity contribution in [2.45, 2.75) is 26.3 Å². The number of benzene rings is 3. The lowest BCUT2D eigenvalue weighted by atomic mass is 10.0. The highest BCUT2D eigenvalue weighted by Crippen LogP contribution is 2.29. The SMILES string of the molecule is CCN1CCc2nc(NC(=O)c3ccccc3NC(=O)Cc3cccc4ccccc34)sc2C1. The van der Waals surface area contributed by atoms with Crippen molar-refractivity contribution in [1.29, 1.82) is 0 Å². The lowest BCUT2D eigenvalue weighted by Gasteiger charge is -2.23. The molecule has 2 N–H and O–H groups in total. The van der Waals surface area contributed by atoms with E-state index in [1.165, 1.54) is 16.2 Å². The monoisotopic (exact) mass is 470 g/mol. The maximum atomic E-state index is 13.1. The van der Waals surface area contributed by atoms with Crippen LogP contribution in [0.15, 0.2) is 66.7 Å². The third-order valence-electron chi connectivity index (χ3n) is 6.15. The minimum Gasteiger partial charge on any atom is -0.325 e. The van der Waals surface area contributed by atoms with E-state index in [-0.39, 0.29) is 18.2 Å². The summed E-state index contributed by atoms with van der Waals surface area (Å²) < 4.78 is 0. The molecule has 6 nitrogen and oxygen atoms in total. The van der Waals surface area contributed by atoms with Crippen LogP contribution >= 0.6 is 11.3 Å². The predicted molar refractivity (Wildman–Crippen MR) is 137 cm³/mol. The number of amides is 2. The molecule has 0 atom stereocenters. The molecular formula is C27H26N4O2S. The predicted octanol–water partition coefficient (Wildman–Crippen LogP) is 5.11. The number of nitrogens with one attached hydrogen (secondary N) is 2. The molecule has 3 aromatic carbocycles. The summed E-state index contributed by atoms with van der Waals surface area (Å²) in [5, 5.41) is 8.62. The second kappa shape index (κ2) is 9.75. The molecule has 0 unspecified atom stereocenters. The van der Waals surface area contributed by atoms with Crippen LogP contribution in [0.2, 0.25) is 0 Å². The van der Waals surface area contributed by atoms with Gasteiger partial charge in [0.25, 0.3) is 5.91 Å². The van der Waals surface area contributed by atoms with Crippen LogP contribution in [-0.4, -0.2) is 34.8 Å². The quantitative estimate of drug-likeness (QED) is 0.411. The Bertz CT molecular complexity index is 1360. The number of nitrogens with zero attached hydrogens (tertiary/aromatic N) is 2. The van der Waals surface area contributed by atoms with Gasteiger partial charge in [-0.1, -0.05) is 61.5 Å². The van der Waals surface area contributed by atoms with Crippen molar-refractivity contribution in [3.63, 3.8) is 0 Å². The highest BCUT2D eigenvalue weighted by Gasteiger charge is 2.21. The first kappa shape index (κ1) is 22.3. The van der Waals surface area contributed by atoms with Crippen molar-refractivity contribution in [2.75, 3.05) is 23.7 Å². The summed E-state index contributed by atoms with van der Waals surface area (Å²) in [6.45, 7) is 5.03. The number of thiazole rings is 1. The fraction of sp³-hybridized carbons (Fsp3) is 0.222. The number of aromatic nitrogens is 1. The topological polar surface area (TPSA) is 74.3 Å². The molecule has 1 aliphatic heterocycles. The number of fused-ring (bicyclic) bond motifs is 2. The van der Waals surface area contributed by atoms with E-state index < -0.39 is 0 Å². The van der Waals surface area contributed by atoms with Crippen molar-refractivity contribution in [1.82, 2.24) is 9.88 Å². The molecular weight excluding hydrogens is 444 g/mol. The van der Waals surface area contributed by atoms with E-state index in [2.05, 4.69) is 27.4 Å². The van der Waals surface area contributed by atoms with Crippen molar-refractivity contribution in [3.8, 4) is 0 Å². The summed E-state index contributed by atoms with van der Waals surface area (Å²) in [7, 11) is 0. The zero-order chi connectivity index (χ0) is 23.5. The standard InChI is InChI=1S/C27H26N4O2S/c1-2-31-15-14-23-24(17-31)34-27(29-23)30-26(33)21-12-5-6-13-22(21)28-25(32)16-19-10-7-9-18-8-3-4-11-20(18)19/h3-13H,2,14-17H2,1H3,(H,28,32)(H,29,30,33). The zero-order valence-corrected chi connectivity index (χ0v) is 19.8. The zero-order valence-electron chi connectivity index (χ0n) is 19.0. The van der Waals surface area contributed by atoms with Gasteiger partial charge in [0.15, 0.2) is 5.13 Å². The molecule has 172 valence electrons. The lowest BCUT2D eigenvalue weighted by Crippen LogP contribution is -2.29. The second-order valence-electron chi connectivity index (χ2n) is 8.37. The Labute approximate surface area is 202 Å². The van der Waals surface area contributed by atoms with Gasteiger partial charge in [-0.3, -0.25) is 19.8 Å². The van der Waals surface area contributed by atoms with Gasteiger partial charge in [0.05, 0.1) is 23.4 Å². The molecule has 1 aliphatic rings. The summed E-state index contributed by atoms with van der Waals surface area (Å²) in [6, 6.07) is 21.0. The van der Waals surface area contributed by atoms with Gasteiger partial charge in [-0.2, -0.15) is 0 Å². The minimum atomic E-state index is -0.278. The second-order valence-corrected chi connectivity index (χ2v) is 9.45. The molecule has 7 heteroatoms. The van der Waals surface area contributed by atoms with Crippen molar-refractivity contribution in [2.24, 2.45) is 0 Å². The van der Waals surface area contributed by atoms with E-state index in [4.69, 9.17) is 0 Å². The highest BCUT2D eigenvalue weighted by molar-refractivity contribution is 7.15. The number of anilines is 2. The highest BCUT2D eigenvalue weighted by atomic mass is 32.1. The Kier molecular flexibility index (Phi) is 6.38. The average molecular weight is 471 g/mol. The van der Waals surface area contributed by atoms with E-state index in [1.54, 1.807) is 18.2 Å². The Balaban J connectivity index is 1.30. The van der Waals surface area contributed by atoms with Gasteiger partial charge in [0.1, 0.15) is 0 Å². The van der Waals surface area contributed by atoms with Crippen LogP contribution in [0.5, 0.6) is 0 Å². The van der Waals surface area contributed by atoms with Crippen LogP contribution in [0.25, 0.3) is 10.8 Å². The molecule has 2 heterocycles. The Morgan fingerprint density at radius 1 is 1.00 bits per heavy atom. The Hall–Kier alpha value is -3.55. The van der Waals surface area contributed by atoms with Gasteiger partial charge in [0.2, 0.25) is 5.91 Å². The van der Waals surface area contributed by atoms with Crippen LogP contribution in [0.4, 0.5) is 10.8 Å². The molecule has 0 radical (unpaired) electrons. The third kappa shape index (κ3) is 4.71. The number of para-hydroxylation sites is 1. The molecule has 0 fully saturated rings. The molecule has 0 bridgehead atoms. The van der Waals surface area contributed by atoms with Gasteiger partial charge in [0, 0.05) is 24.4 Å². The lowest BCUT2D eigenvalue weighted by molar-refractivity contribution is -0.115. The Morgan fingerprint density at radius 2 is 1.79 bits per heavy atom. The number of likely N-dealkylation sites (N-methyl/N-ethyl adjacent to an activating group) is 1. The third-order valence-corrected chi connectivity index (χ3v) is 7.15. The van der Waals surface area contributed by atoms with Crippen LogP contribution in [0.3, 0.4) is 0 Å². The molecule has 0 saturated heterocycles. The first-order valence-corrected chi connectivity index (χ1v) is 12.3. The number of hydrogen-bond acceptors (Lipinski definition) is 5. The summed E-state index contributed by atoms with van der Waals surface area (Å²) in [6.07, 6.45) is 1.13. The maximum absolute atomic E-state index is 13.1. The van der Waals surface area contributed by atoms with Gasteiger partial charge in [-0.05, 0) is 35.0 Å². The number of carbonyl (C=O) groups is 2. The van der Waals surface area contributed by atoms with E-state index in [0.29, 0.717) is 16.4 Å². The van der Waals surface area contributed by atoms with Gasteiger partial charge in [-0.15, -0.1) is 11.3 Å². The minimum absolute atomic E-state index is 0.166. The first-order chi connectivity index (χ1) is 16.6. The van der Waals surface area contributed by atoms with Gasteiger partial charge in [-0.25, -0.2) is 4.98 Å². The molecule has 0 aliphatic carbocycles. The average Bonchev–Trinajstić information content (AvgIpc) is 3.25. The molecule has 34 heavy (non-hydrogen) atoms. The molecule has 0 saturated carbocycles. The fourth-order valence-electron chi connectivity index (χ4n) is 4.34. The molecule has 0 spiro atoms. The van der Waals surface area contributed by atoms with Crippen molar-refractivity contribution < 1.29 is 9.59 Å². The summed E-state index contributed by atoms with van der Waals surface area (Å²) in [4.78, 5) is 34.2. The molecule has 2 amide bonds. The van der Waals surface area contributed by atoms with Crippen molar-refractivity contribution in [3.05, 3.63) is 88.4 Å². The molecule has 1 aromatic heterocycles.